The largest absolute Gasteiger partial charge is 0.495 e. The number of hydrogen-bond donors (Lipinski definition) is 1. The maximum Gasteiger partial charge on any atom is 0.272 e. The third kappa shape index (κ3) is 4.12. The van der Waals surface area contributed by atoms with Crippen LogP contribution in [-0.2, 0) is 0 Å². The Morgan fingerprint density at radius 1 is 1.19 bits per heavy atom. The summed E-state index contributed by atoms with van der Waals surface area (Å²) in [5.74, 6) is 1.76. The van der Waals surface area contributed by atoms with E-state index in [-0.39, 0.29) is 5.91 Å². The van der Waals surface area contributed by atoms with Gasteiger partial charge in [0.1, 0.15) is 11.4 Å². The Bertz CT molecular complexity index is 798. The molecule has 1 aromatic heterocycles. The molecule has 6 nitrogen and oxygen atoms in total. The van der Waals surface area contributed by atoms with Gasteiger partial charge in [-0.15, -0.1) is 0 Å². The number of carbonyl (C=O) groups excluding carboxylic acids is 1. The van der Waals surface area contributed by atoms with Gasteiger partial charge in [0.2, 0.25) is 5.95 Å². The molecule has 0 spiro atoms. The molecule has 0 atom stereocenters. The van der Waals surface area contributed by atoms with Gasteiger partial charge in [0.05, 0.1) is 12.8 Å². The van der Waals surface area contributed by atoms with Crippen molar-refractivity contribution < 1.29 is 9.53 Å². The van der Waals surface area contributed by atoms with Crippen LogP contribution >= 0.6 is 0 Å². The number of piperidine rings is 1. The molecule has 138 valence electrons. The van der Waals surface area contributed by atoms with Crippen LogP contribution in [-0.4, -0.2) is 41.0 Å². The number of methoxy groups -OCH3 is 1. The first-order valence-corrected chi connectivity index (χ1v) is 9.03. The Kier molecular flexibility index (Phi) is 5.40. The first-order valence-electron chi connectivity index (χ1n) is 9.03. The van der Waals surface area contributed by atoms with E-state index >= 15 is 0 Å². The Balaban J connectivity index is 1.84. The Morgan fingerprint density at radius 3 is 2.62 bits per heavy atom. The number of rotatable bonds is 4. The third-order valence-corrected chi connectivity index (χ3v) is 4.75. The Morgan fingerprint density at radius 2 is 1.92 bits per heavy atom. The number of hydrogen-bond acceptors (Lipinski definition) is 5. The second-order valence-electron chi connectivity index (χ2n) is 7.02. The minimum absolute atomic E-state index is 0.0262. The number of aryl methyl sites for hydroxylation is 2. The van der Waals surface area contributed by atoms with Crippen LogP contribution in [0.25, 0.3) is 0 Å². The minimum Gasteiger partial charge on any atom is -0.495 e. The molecule has 1 amide bonds. The van der Waals surface area contributed by atoms with E-state index in [9.17, 15) is 4.79 Å². The first-order chi connectivity index (χ1) is 12.5. The fourth-order valence-electron chi connectivity index (χ4n) is 3.15. The maximum absolute atomic E-state index is 12.8. The van der Waals surface area contributed by atoms with Crippen molar-refractivity contribution in [3.05, 3.63) is 41.2 Å². The highest BCUT2D eigenvalue weighted by molar-refractivity contribution is 5.92. The fraction of sp³-hybridized carbons (Fsp3) is 0.450. The molecule has 1 aromatic carbocycles. The van der Waals surface area contributed by atoms with Crippen molar-refractivity contribution in [1.82, 2.24) is 14.9 Å². The van der Waals surface area contributed by atoms with Crippen molar-refractivity contribution in [2.24, 2.45) is 5.92 Å². The molecule has 2 heterocycles. The van der Waals surface area contributed by atoms with Crippen molar-refractivity contribution in [3.8, 4) is 5.75 Å². The summed E-state index contributed by atoms with van der Waals surface area (Å²) in [5, 5.41) is 3.19. The molecule has 3 rings (SSSR count). The number of amides is 1. The summed E-state index contributed by atoms with van der Waals surface area (Å²) in [6.45, 7) is 7.69. The molecule has 0 saturated carbocycles. The van der Waals surface area contributed by atoms with Crippen molar-refractivity contribution >= 4 is 17.5 Å². The molecule has 1 saturated heterocycles. The standard InChI is InChI=1S/C20H26N4O2/c1-13-7-9-24(10-8-13)19(25)17-12-15(3)21-20(23-17)22-16-11-14(2)5-6-18(16)26-4/h5-6,11-13H,7-10H2,1-4H3,(H,21,22,23). The van der Waals surface area contributed by atoms with Crippen LogP contribution in [0.5, 0.6) is 5.75 Å². The third-order valence-electron chi connectivity index (χ3n) is 4.75. The molecular formula is C20H26N4O2. The van der Waals surface area contributed by atoms with Gasteiger partial charge in [0.15, 0.2) is 0 Å². The lowest BCUT2D eigenvalue weighted by molar-refractivity contribution is 0.0691. The summed E-state index contributed by atoms with van der Waals surface area (Å²) >= 11 is 0. The number of anilines is 2. The van der Waals surface area contributed by atoms with E-state index < -0.39 is 0 Å². The van der Waals surface area contributed by atoms with Gasteiger partial charge in [0, 0.05) is 18.8 Å². The number of aromatic nitrogens is 2. The molecule has 6 heteroatoms. The molecule has 0 bridgehead atoms. The number of nitrogens with one attached hydrogen (secondary N) is 1. The number of carbonyl (C=O) groups is 1. The normalized spacial score (nSPS) is 15.0. The van der Waals surface area contributed by atoms with Crippen LogP contribution in [0, 0.1) is 19.8 Å². The number of benzene rings is 1. The molecule has 0 unspecified atom stereocenters. The zero-order valence-electron chi connectivity index (χ0n) is 15.9. The van der Waals surface area contributed by atoms with Gasteiger partial charge < -0.3 is 15.0 Å². The lowest BCUT2D eigenvalue weighted by Crippen LogP contribution is -2.38. The van der Waals surface area contributed by atoms with Gasteiger partial charge >= 0.3 is 0 Å². The SMILES string of the molecule is COc1ccc(C)cc1Nc1nc(C)cc(C(=O)N2CCC(C)CC2)n1. The maximum atomic E-state index is 12.8. The monoisotopic (exact) mass is 354 g/mol. The smallest absolute Gasteiger partial charge is 0.272 e. The van der Waals surface area contributed by atoms with E-state index in [0.717, 1.165) is 42.9 Å². The zero-order valence-corrected chi connectivity index (χ0v) is 15.9. The van der Waals surface area contributed by atoms with E-state index in [4.69, 9.17) is 4.74 Å². The summed E-state index contributed by atoms with van der Waals surface area (Å²) in [6, 6.07) is 7.60. The fourth-order valence-corrected chi connectivity index (χ4v) is 3.15. The van der Waals surface area contributed by atoms with E-state index in [1.165, 1.54) is 0 Å². The van der Waals surface area contributed by atoms with Gasteiger partial charge in [0.25, 0.3) is 5.91 Å². The van der Waals surface area contributed by atoms with Gasteiger partial charge in [-0.2, -0.15) is 0 Å². The summed E-state index contributed by atoms with van der Waals surface area (Å²) < 4.78 is 5.39. The highest BCUT2D eigenvalue weighted by Crippen LogP contribution is 2.27. The molecule has 1 aliphatic rings. The van der Waals surface area contributed by atoms with E-state index in [1.807, 2.05) is 36.9 Å². The average molecular weight is 354 g/mol. The van der Waals surface area contributed by atoms with Gasteiger partial charge in [-0.25, -0.2) is 9.97 Å². The summed E-state index contributed by atoms with van der Waals surface area (Å²) in [5.41, 5.74) is 3.06. The zero-order chi connectivity index (χ0) is 18.7. The van der Waals surface area contributed by atoms with E-state index in [2.05, 4.69) is 22.2 Å². The molecule has 26 heavy (non-hydrogen) atoms. The summed E-state index contributed by atoms with van der Waals surface area (Å²) in [7, 11) is 1.62. The number of nitrogens with zero attached hydrogens (tertiary/aromatic N) is 3. The molecule has 1 aliphatic heterocycles. The topological polar surface area (TPSA) is 67.3 Å². The molecule has 0 radical (unpaired) electrons. The van der Waals surface area contributed by atoms with Gasteiger partial charge in [-0.3, -0.25) is 4.79 Å². The average Bonchev–Trinajstić information content (AvgIpc) is 2.61. The predicted octanol–water partition coefficient (Wildman–Crippen LogP) is 3.72. The first kappa shape index (κ1) is 18.2. The van der Waals surface area contributed by atoms with Crippen molar-refractivity contribution in [2.45, 2.75) is 33.6 Å². The summed E-state index contributed by atoms with van der Waals surface area (Å²) in [6.07, 6.45) is 2.09. The highest BCUT2D eigenvalue weighted by Gasteiger charge is 2.23. The van der Waals surface area contributed by atoms with Gasteiger partial charge in [-0.1, -0.05) is 13.0 Å². The van der Waals surface area contributed by atoms with Crippen molar-refractivity contribution in [1.29, 1.82) is 0 Å². The number of ether oxygens (including phenoxy) is 1. The van der Waals surface area contributed by atoms with Crippen LogP contribution in [0.3, 0.4) is 0 Å². The van der Waals surface area contributed by atoms with Crippen molar-refractivity contribution in [2.75, 3.05) is 25.5 Å². The van der Waals surface area contributed by atoms with E-state index in [0.29, 0.717) is 23.3 Å². The summed E-state index contributed by atoms with van der Waals surface area (Å²) in [4.78, 5) is 23.6. The lowest BCUT2D eigenvalue weighted by atomic mass is 9.99. The quantitative estimate of drug-likeness (QED) is 0.906. The Labute approximate surface area is 154 Å². The number of likely N-dealkylation sites (tertiary alicyclic amines) is 1. The molecule has 1 N–H and O–H groups in total. The lowest BCUT2D eigenvalue weighted by Gasteiger charge is -2.30. The molecular weight excluding hydrogens is 328 g/mol. The molecule has 0 aliphatic carbocycles. The second-order valence-corrected chi connectivity index (χ2v) is 7.02. The van der Waals surface area contributed by atoms with Crippen molar-refractivity contribution in [3.63, 3.8) is 0 Å². The minimum atomic E-state index is -0.0262. The second kappa shape index (κ2) is 7.72. The van der Waals surface area contributed by atoms with E-state index in [1.54, 1.807) is 13.2 Å². The van der Waals surface area contributed by atoms with Gasteiger partial charge in [-0.05, 0) is 56.4 Å². The van der Waals surface area contributed by atoms with Crippen LogP contribution in [0.1, 0.15) is 41.5 Å². The predicted molar refractivity (Wildman–Crippen MR) is 102 cm³/mol. The highest BCUT2D eigenvalue weighted by atomic mass is 16.5. The van der Waals surface area contributed by atoms with Crippen LogP contribution in [0.4, 0.5) is 11.6 Å². The van der Waals surface area contributed by atoms with Crippen LogP contribution < -0.4 is 10.1 Å². The molecule has 2 aromatic rings. The molecule has 1 fully saturated rings. The Hall–Kier alpha value is -2.63. The van der Waals surface area contributed by atoms with Crippen LogP contribution in [0.2, 0.25) is 0 Å². The van der Waals surface area contributed by atoms with Crippen LogP contribution in [0.15, 0.2) is 24.3 Å².